The molecule has 0 saturated carbocycles. The predicted octanol–water partition coefficient (Wildman–Crippen LogP) is 4.17. The number of nitrogens with one attached hydrogen (secondary N) is 2. The summed E-state index contributed by atoms with van der Waals surface area (Å²) < 4.78 is 13.6. The molecule has 2 aromatic rings. The van der Waals surface area contributed by atoms with Gasteiger partial charge < -0.3 is 10.3 Å². The smallest absolute Gasteiger partial charge is 0.232 e. The highest BCUT2D eigenvalue weighted by Gasteiger charge is 2.37. The Bertz CT molecular complexity index is 748. The zero-order chi connectivity index (χ0) is 16.0. The van der Waals surface area contributed by atoms with Crippen molar-refractivity contribution in [2.24, 2.45) is 0 Å². The van der Waals surface area contributed by atoms with Crippen molar-refractivity contribution >= 4 is 11.6 Å². The minimum atomic E-state index is -0.354. The van der Waals surface area contributed by atoms with Crippen LogP contribution in [-0.2, 0) is 11.2 Å². The molecule has 3 nitrogen and oxygen atoms in total. The second kappa shape index (κ2) is 5.27. The number of carbonyl (C=O) groups is 1. The first kappa shape index (κ1) is 14.8. The minimum absolute atomic E-state index is 0.0259. The highest BCUT2D eigenvalue weighted by molar-refractivity contribution is 6.03. The predicted molar refractivity (Wildman–Crippen MR) is 85.8 cm³/mol. The topological polar surface area (TPSA) is 44.9 Å². The Morgan fingerprint density at radius 2 is 2.05 bits per heavy atom. The van der Waals surface area contributed by atoms with Crippen LogP contribution >= 0.6 is 0 Å². The number of amides is 1. The Balaban J connectivity index is 2.05. The third kappa shape index (κ3) is 2.14. The zero-order valence-electron chi connectivity index (χ0n) is 13.4. The van der Waals surface area contributed by atoms with Crippen LogP contribution in [-0.4, -0.2) is 10.9 Å². The van der Waals surface area contributed by atoms with E-state index in [0.29, 0.717) is 0 Å². The average Bonchev–Trinajstić information content (AvgIpc) is 2.94. The summed E-state index contributed by atoms with van der Waals surface area (Å²) in [5, 5.41) is 2.86. The molecule has 22 heavy (non-hydrogen) atoms. The molecule has 4 heteroatoms. The van der Waals surface area contributed by atoms with Crippen molar-refractivity contribution in [3.8, 4) is 0 Å². The van der Waals surface area contributed by atoms with Crippen LogP contribution in [0, 0.1) is 19.7 Å². The molecule has 1 aromatic carbocycles. The molecule has 1 amide bonds. The van der Waals surface area contributed by atoms with Gasteiger partial charge in [-0.2, -0.15) is 0 Å². The third-order valence-electron chi connectivity index (χ3n) is 4.83. The Morgan fingerprint density at radius 1 is 1.32 bits per heavy atom. The summed E-state index contributed by atoms with van der Waals surface area (Å²) in [5.74, 6) is -0.743. The monoisotopic (exact) mass is 300 g/mol. The molecule has 116 valence electrons. The number of anilines is 1. The first-order valence-corrected chi connectivity index (χ1v) is 7.72. The van der Waals surface area contributed by atoms with E-state index in [9.17, 15) is 9.18 Å². The summed E-state index contributed by atoms with van der Waals surface area (Å²) in [7, 11) is 0. The highest BCUT2D eigenvalue weighted by atomic mass is 19.1. The van der Waals surface area contributed by atoms with Crippen molar-refractivity contribution in [2.75, 3.05) is 5.32 Å². The zero-order valence-corrected chi connectivity index (χ0v) is 13.4. The van der Waals surface area contributed by atoms with Gasteiger partial charge in [-0.15, -0.1) is 0 Å². The Hall–Kier alpha value is -2.10. The van der Waals surface area contributed by atoms with Crippen molar-refractivity contribution in [2.45, 2.75) is 46.0 Å². The summed E-state index contributed by atoms with van der Waals surface area (Å²) in [4.78, 5) is 15.8. The molecule has 2 N–H and O–H groups in total. The van der Waals surface area contributed by atoms with Crippen molar-refractivity contribution in [3.05, 3.63) is 52.1 Å². The number of H-pyrrole nitrogens is 1. The van der Waals surface area contributed by atoms with E-state index in [0.717, 1.165) is 29.1 Å². The molecule has 2 heterocycles. The number of benzene rings is 1. The molecule has 1 aromatic heterocycles. The fourth-order valence-electron chi connectivity index (χ4n) is 3.72. The molecule has 1 aliphatic rings. The van der Waals surface area contributed by atoms with Gasteiger partial charge in [-0.25, -0.2) is 4.39 Å². The van der Waals surface area contributed by atoms with E-state index in [1.165, 1.54) is 23.3 Å². The Kier molecular flexibility index (Phi) is 3.55. The van der Waals surface area contributed by atoms with Crippen LogP contribution in [0.3, 0.4) is 0 Å². The summed E-state index contributed by atoms with van der Waals surface area (Å²) in [6.07, 6.45) is 0.961. The molecular weight excluding hydrogens is 279 g/mol. The van der Waals surface area contributed by atoms with Gasteiger partial charge in [0, 0.05) is 23.0 Å². The normalized spacial score (nSPS) is 18.2. The van der Waals surface area contributed by atoms with E-state index in [4.69, 9.17) is 0 Å². The lowest BCUT2D eigenvalue weighted by molar-refractivity contribution is -0.117. The number of halogens is 1. The van der Waals surface area contributed by atoms with Crippen LogP contribution in [0.15, 0.2) is 18.2 Å². The number of rotatable bonds is 3. The van der Waals surface area contributed by atoms with Crippen molar-refractivity contribution < 1.29 is 9.18 Å². The lowest BCUT2D eigenvalue weighted by Crippen LogP contribution is -2.18. The van der Waals surface area contributed by atoms with E-state index < -0.39 is 0 Å². The van der Waals surface area contributed by atoms with Gasteiger partial charge >= 0.3 is 0 Å². The van der Waals surface area contributed by atoms with Crippen molar-refractivity contribution in [1.29, 1.82) is 0 Å². The fourth-order valence-corrected chi connectivity index (χ4v) is 3.72. The summed E-state index contributed by atoms with van der Waals surface area (Å²) >= 11 is 0. The van der Waals surface area contributed by atoms with E-state index in [1.54, 1.807) is 6.07 Å². The standard InChI is InChI=1S/C18H21FN2O/c1-5-13-9(2)17(20-11(13)4)10(3)16-14-8-12(19)6-7-15(14)21-18(16)22/h6-8,10,16,20H,5H2,1-4H3,(H,21,22). The summed E-state index contributed by atoms with van der Waals surface area (Å²) in [5.41, 5.74) is 6.22. The summed E-state index contributed by atoms with van der Waals surface area (Å²) in [6.45, 7) is 8.31. The molecule has 0 aliphatic carbocycles. The van der Waals surface area contributed by atoms with Crippen LogP contribution in [0.5, 0.6) is 0 Å². The van der Waals surface area contributed by atoms with Gasteiger partial charge in [-0.3, -0.25) is 4.79 Å². The number of aromatic amines is 1. The second-order valence-corrected chi connectivity index (χ2v) is 6.11. The first-order valence-electron chi connectivity index (χ1n) is 7.72. The third-order valence-corrected chi connectivity index (χ3v) is 4.83. The molecule has 0 bridgehead atoms. The number of fused-ring (bicyclic) bond motifs is 1. The first-order chi connectivity index (χ1) is 10.4. The van der Waals surface area contributed by atoms with E-state index in [-0.39, 0.29) is 23.6 Å². The maximum Gasteiger partial charge on any atom is 0.232 e. The van der Waals surface area contributed by atoms with Gasteiger partial charge in [-0.1, -0.05) is 13.8 Å². The molecule has 2 unspecified atom stereocenters. The van der Waals surface area contributed by atoms with Crippen LogP contribution in [0.4, 0.5) is 10.1 Å². The van der Waals surface area contributed by atoms with Crippen LogP contribution < -0.4 is 5.32 Å². The van der Waals surface area contributed by atoms with Crippen LogP contribution in [0.2, 0.25) is 0 Å². The molecular formula is C18H21FN2O. The van der Waals surface area contributed by atoms with E-state index in [2.05, 4.69) is 31.1 Å². The quantitative estimate of drug-likeness (QED) is 0.878. The maximum absolute atomic E-state index is 13.6. The van der Waals surface area contributed by atoms with Crippen molar-refractivity contribution in [3.63, 3.8) is 0 Å². The maximum atomic E-state index is 13.6. The molecule has 2 atom stereocenters. The van der Waals surface area contributed by atoms with Crippen molar-refractivity contribution in [1.82, 2.24) is 4.98 Å². The molecule has 0 saturated heterocycles. The summed E-state index contributed by atoms with van der Waals surface area (Å²) in [6, 6.07) is 4.49. The van der Waals surface area contributed by atoms with Gasteiger partial charge in [0.15, 0.2) is 0 Å². The van der Waals surface area contributed by atoms with Gasteiger partial charge in [0.05, 0.1) is 5.92 Å². The molecule has 1 aliphatic heterocycles. The Morgan fingerprint density at radius 3 is 2.68 bits per heavy atom. The second-order valence-electron chi connectivity index (χ2n) is 6.11. The molecule has 0 fully saturated rings. The largest absolute Gasteiger partial charge is 0.362 e. The number of carbonyl (C=O) groups excluding carboxylic acids is 1. The van der Waals surface area contributed by atoms with Gasteiger partial charge in [0.2, 0.25) is 5.91 Å². The van der Waals surface area contributed by atoms with E-state index >= 15 is 0 Å². The lowest BCUT2D eigenvalue weighted by Gasteiger charge is -2.18. The van der Waals surface area contributed by atoms with Crippen LogP contribution in [0.25, 0.3) is 0 Å². The molecule has 3 rings (SSSR count). The van der Waals surface area contributed by atoms with Gasteiger partial charge in [-0.05, 0) is 55.2 Å². The SMILES string of the molecule is CCc1c(C)[nH]c(C(C)C2C(=O)Nc3ccc(F)cc32)c1C. The fraction of sp³-hybridized carbons (Fsp3) is 0.389. The van der Waals surface area contributed by atoms with Gasteiger partial charge in [0.1, 0.15) is 5.82 Å². The van der Waals surface area contributed by atoms with E-state index in [1.807, 2.05) is 6.92 Å². The number of aromatic nitrogens is 1. The lowest BCUT2D eigenvalue weighted by atomic mass is 9.84. The number of hydrogen-bond donors (Lipinski definition) is 2. The highest BCUT2D eigenvalue weighted by Crippen LogP contribution is 2.43. The number of hydrogen-bond acceptors (Lipinski definition) is 1. The van der Waals surface area contributed by atoms with Gasteiger partial charge in [0.25, 0.3) is 0 Å². The molecule has 0 radical (unpaired) electrons. The average molecular weight is 300 g/mol. The molecule has 0 spiro atoms. The number of aryl methyl sites for hydroxylation is 1. The Labute approximate surface area is 129 Å². The van der Waals surface area contributed by atoms with Crippen LogP contribution in [0.1, 0.15) is 53.8 Å². The minimum Gasteiger partial charge on any atom is -0.362 e.